The minimum absolute atomic E-state index is 0.0757. The number of aryl methyl sites for hydroxylation is 1. The number of halogens is 3. The molecule has 0 fully saturated rings. The number of nitrogens with one attached hydrogen (secondary N) is 2. The van der Waals surface area contributed by atoms with Crippen molar-refractivity contribution in [2.75, 3.05) is 5.32 Å². The highest BCUT2D eigenvalue weighted by molar-refractivity contribution is 6.31. The van der Waals surface area contributed by atoms with E-state index in [1.807, 2.05) is 0 Å². The number of fused-ring (bicyclic) bond motifs is 1. The molecular weight excluding hydrogens is 310 g/mol. The minimum Gasteiger partial charge on any atom is -0.350 e. The van der Waals surface area contributed by atoms with Crippen LogP contribution in [0.15, 0.2) is 36.4 Å². The Hall–Kier alpha value is -2.40. The summed E-state index contributed by atoms with van der Waals surface area (Å²) in [6.45, 7) is 1.77. The molecule has 0 aliphatic heterocycles. The number of aromatic nitrogens is 1. The number of anilines is 1. The van der Waals surface area contributed by atoms with E-state index in [4.69, 9.17) is 11.6 Å². The van der Waals surface area contributed by atoms with Crippen molar-refractivity contribution in [1.29, 1.82) is 0 Å². The van der Waals surface area contributed by atoms with Gasteiger partial charge in [0.05, 0.1) is 5.02 Å². The zero-order chi connectivity index (χ0) is 15.9. The predicted molar refractivity (Wildman–Crippen MR) is 82.4 cm³/mol. The van der Waals surface area contributed by atoms with Gasteiger partial charge in [-0.25, -0.2) is 8.78 Å². The standard InChI is InChI=1S/C16H11ClF2N2O/c1-8-11-4-2-9(18)6-14(11)21-15(8)16(22)20-10-3-5-13(19)12(17)7-10/h2-7,21H,1H3,(H,20,22). The van der Waals surface area contributed by atoms with Crippen LogP contribution in [0, 0.1) is 18.6 Å². The second kappa shape index (κ2) is 5.42. The van der Waals surface area contributed by atoms with Gasteiger partial charge in [0.25, 0.3) is 5.91 Å². The maximum atomic E-state index is 13.2. The van der Waals surface area contributed by atoms with Crippen LogP contribution in [0.1, 0.15) is 16.1 Å². The molecule has 112 valence electrons. The van der Waals surface area contributed by atoms with E-state index in [0.29, 0.717) is 22.5 Å². The highest BCUT2D eigenvalue weighted by Crippen LogP contribution is 2.24. The van der Waals surface area contributed by atoms with Crippen LogP contribution in [0.3, 0.4) is 0 Å². The third-order valence-corrected chi connectivity index (χ3v) is 3.71. The monoisotopic (exact) mass is 320 g/mol. The van der Waals surface area contributed by atoms with Crippen molar-refractivity contribution in [2.24, 2.45) is 0 Å². The molecular formula is C16H11ClF2N2O. The van der Waals surface area contributed by atoms with Gasteiger partial charge >= 0.3 is 0 Å². The Morgan fingerprint density at radius 3 is 2.68 bits per heavy atom. The zero-order valence-corrected chi connectivity index (χ0v) is 12.3. The van der Waals surface area contributed by atoms with Crippen LogP contribution in [-0.4, -0.2) is 10.9 Å². The van der Waals surface area contributed by atoms with Gasteiger partial charge in [0.15, 0.2) is 0 Å². The topological polar surface area (TPSA) is 44.9 Å². The summed E-state index contributed by atoms with van der Waals surface area (Å²) in [5, 5.41) is 3.32. The van der Waals surface area contributed by atoms with Crippen LogP contribution < -0.4 is 5.32 Å². The van der Waals surface area contributed by atoms with Gasteiger partial charge in [-0.3, -0.25) is 4.79 Å². The molecule has 0 spiro atoms. The smallest absolute Gasteiger partial charge is 0.272 e. The largest absolute Gasteiger partial charge is 0.350 e. The number of benzene rings is 2. The van der Waals surface area contributed by atoms with E-state index in [1.165, 1.54) is 30.3 Å². The zero-order valence-electron chi connectivity index (χ0n) is 11.5. The van der Waals surface area contributed by atoms with Gasteiger partial charge in [-0.1, -0.05) is 11.6 Å². The average molecular weight is 321 g/mol. The molecule has 1 amide bonds. The van der Waals surface area contributed by atoms with Gasteiger partial charge < -0.3 is 10.3 Å². The van der Waals surface area contributed by atoms with E-state index < -0.39 is 11.7 Å². The normalized spacial score (nSPS) is 10.9. The molecule has 0 unspecified atom stereocenters. The highest BCUT2D eigenvalue weighted by atomic mass is 35.5. The molecule has 3 rings (SSSR count). The number of amides is 1. The van der Waals surface area contributed by atoms with E-state index in [0.717, 1.165) is 5.39 Å². The number of carbonyl (C=O) groups is 1. The minimum atomic E-state index is -0.558. The van der Waals surface area contributed by atoms with Gasteiger partial charge in [-0.15, -0.1) is 0 Å². The molecule has 0 aliphatic carbocycles. The summed E-state index contributed by atoms with van der Waals surface area (Å²) >= 11 is 5.68. The second-order valence-electron chi connectivity index (χ2n) is 4.90. The molecule has 3 aromatic rings. The molecule has 1 aromatic heterocycles. The Kier molecular flexibility index (Phi) is 3.58. The molecule has 0 saturated carbocycles. The lowest BCUT2D eigenvalue weighted by Crippen LogP contribution is -2.13. The first kappa shape index (κ1) is 14.5. The van der Waals surface area contributed by atoms with E-state index >= 15 is 0 Å². The van der Waals surface area contributed by atoms with Gasteiger partial charge in [-0.05, 0) is 48.9 Å². The second-order valence-corrected chi connectivity index (χ2v) is 5.31. The molecule has 3 nitrogen and oxygen atoms in total. The van der Waals surface area contributed by atoms with Crippen LogP contribution in [0.25, 0.3) is 10.9 Å². The fraction of sp³-hybridized carbons (Fsp3) is 0.0625. The molecule has 0 atom stereocenters. The lowest BCUT2D eigenvalue weighted by atomic mass is 10.1. The highest BCUT2D eigenvalue weighted by Gasteiger charge is 2.15. The molecule has 22 heavy (non-hydrogen) atoms. The molecule has 0 radical (unpaired) electrons. The SMILES string of the molecule is Cc1c(C(=O)Nc2ccc(F)c(Cl)c2)[nH]c2cc(F)ccc12. The lowest BCUT2D eigenvalue weighted by molar-refractivity contribution is 0.102. The van der Waals surface area contributed by atoms with Crippen LogP contribution in [-0.2, 0) is 0 Å². The average Bonchev–Trinajstić information content (AvgIpc) is 2.79. The third-order valence-electron chi connectivity index (χ3n) is 3.42. The summed E-state index contributed by atoms with van der Waals surface area (Å²) in [5.41, 5.74) is 1.95. The van der Waals surface area contributed by atoms with Crippen LogP contribution in [0.2, 0.25) is 5.02 Å². The van der Waals surface area contributed by atoms with E-state index in [-0.39, 0.29) is 10.8 Å². The molecule has 0 bridgehead atoms. The summed E-state index contributed by atoms with van der Waals surface area (Å²) in [4.78, 5) is 15.2. The quantitative estimate of drug-likeness (QED) is 0.708. The number of H-pyrrole nitrogens is 1. The molecule has 1 heterocycles. The molecule has 6 heteroatoms. The van der Waals surface area contributed by atoms with Gasteiger partial charge in [0.1, 0.15) is 17.3 Å². The van der Waals surface area contributed by atoms with Crippen molar-refractivity contribution in [3.8, 4) is 0 Å². The number of hydrogen-bond acceptors (Lipinski definition) is 1. The summed E-state index contributed by atoms with van der Waals surface area (Å²) in [6, 6.07) is 8.19. The van der Waals surface area contributed by atoms with Crippen molar-refractivity contribution in [2.45, 2.75) is 6.92 Å². The maximum absolute atomic E-state index is 13.2. The van der Waals surface area contributed by atoms with Crippen molar-refractivity contribution >= 4 is 34.1 Å². The van der Waals surface area contributed by atoms with Gasteiger partial charge in [0, 0.05) is 16.6 Å². The first-order chi connectivity index (χ1) is 10.5. The summed E-state index contributed by atoms with van der Waals surface area (Å²) in [6.07, 6.45) is 0. The van der Waals surface area contributed by atoms with Crippen molar-refractivity contribution in [3.05, 3.63) is 64.3 Å². The predicted octanol–water partition coefficient (Wildman–Crippen LogP) is 4.66. The Morgan fingerprint density at radius 2 is 1.95 bits per heavy atom. The molecule has 2 aromatic carbocycles. The summed E-state index contributed by atoms with van der Waals surface area (Å²) in [5.74, 6) is -1.35. The first-order valence-electron chi connectivity index (χ1n) is 6.50. The Balaban J connectivity index is 1.94. The van der Waals surface area contributed by atoms with Gasteiger partial charge in [0.2, 0.25) is 0 Å². The Labute approximate surface area is 129 Å². The van der Waals surface area contributed by atoms with Crippen molar-refractivity contribution in [3.63, 3.8) is 0 Å². The van der Waals surface area contributed by atoms with E-state index in [9.17, 15) is 13.6 Å². The van der Waals surface area contributed by atoms with Gasteiger partial charge in [-0.2, -0.15) is 0 Å². The molecule has 0 aliphatic rings. The van der Waals surface area contributed by atoms with Crippen molar-refractivity contribution in [1.82, 2.24) is 4.98 Å². The fourth-order valence-electron chi connectivity index (χ4n) is 2.30. The Morgan fingerprint density at radius 1 is 1.18 bits per heavy atom. The number of carbonyl (C=O) groups excluding carboxylic acids is 1. The summed E-state index contributed by atoms with van der Waals surface area (Å²) < 4.78 is 26.4. The third kappa shape index (κ3) is 2.55. The van der Waals surface area contributed by atoms with Crippen LogP contribution in [0.4, 0.5) is 14.5 Å². The number of hydrogen-bond donors (Lipinski definition) is 2. The summed E-state index contributed by atoms with van der Waals surface area (Å²) in [7, 11) is 0. The lowest BCUT2D eigenvalue weighted by Gasteiger charge is -2.05. The van der Waals surface area contributed by atoms with Crippen LogP contribution >= 0.6 is 11.6 Å². The van der Waals surface area contributed by atoms with Crippen LogP contribution in [0.5, 0.6) is 0 Å². The first-order valence-corrected chi connectivity index (χ1v) is 6.88. The number of rotatable bonds is 2. The fourth-order valence-corrected chi connectivity index (χ4v) is 2.49. The number of aromatic amines is 1. The Bertz CT molecular complexity index is 889. The molecule has 2 N–H and O–H groups in total. The van der Waals surface area contributed by atoms with E-state index in [1.54, 1.807) is 13.0 Å². The maximum Gasteiger partial charge on any atom is 0.272 e. The van der Waals surface area contributed by atoms with E-state index in [2.05, 4.69) is 10.3 Å². The van der Waals surface area contributed by atoms with Crippen molar-refractivity contribution < 1.29 is 13.6 Å². The molecule has 0 saturated heterocycles.